The molecule has 1 amide bonds. The number of methoxy groups -OCH3 is 1. The van der Waals surface area contributed by atoms with Gasteiger partial charge < -0.3 is 15.2 Å². The van der Waals surface area contributed by atoms with E-state index < -0.39 is 5.97 Å². The maximum atomic E-state index is 12.2. The van der Waals surface area contributed by atoms with Gasteiger partial charge in [-0.05, 0) is 37.8 Å². The first kappa shape index (κ1) is 16.6. The van der Waals surface area contributed by atoms with Crippen molar-refractivity contribution in [2.75, 3.05) is 7.11 Å². The molecule has 0 radical (unpaired) electrons. The summed E-state index contributed by atoms with van der Waals surface area (Å²) in [6.07, 6.45) is 2.34. The lowest BCUT2D eigenvalue weighted by Crippen LogP contribution is -2.34. The summed E-state index contributed by atoms with van der Waals surface area (Å²) in [5.74, 6) is -0.607. The molecule has 22 heavy (non-hydrogen) atoms. The third-order valence-electron chi connectivity index (χ3n) is 4.18. The molecule has 0 atom stereocenters. The number of carboxylic acid groups (broad SMARTS) is 1. The van der Waals surface area contributed by atoms with Gasteiger partial charge in [-0.15, -0.1) is 0 Å². The van der Waals surface area contributed by atoms with Crippen LogP contribution in [-0.2, 0) is 16.1 Å². The Labute approximate surface area is 134 Å². The van der Waals surface area contributed by atoms with Gasteiger partial charge in [-0.2, -0.15) is 0 Å². The van der Waals surface area contributed by atoms with Crippen LogP contribution >= 0.6 is 11.6 Å². The molecule has 6 heteroatoms. The van der Waals surface area contributed by atoms with Crippen molar-refractivity contribution in [2.24, 2.45) is 11.8 Å². The Balaban J connectivity index is 1.90. The zero-order valence-corrected chi connectivity index (χ0v) is 13.2. The van der Waals surface area contributed by atoms with Crippen molar-refractivity contribution >= 4 is 23.5 Å². The Morgan fingerprint density at radius 3 is 2.50 bits per heavy atom. The van der Waals surface area contributed by atoms with Crippen LogP contribution in [0.15, 0.2) is 18.2 Å². The normalized spacial score (nSPS) is 21.2. The molecule has 1 aliphatic rings. The fourth-order valence-electron chi connectivity index (χ4n) is 2.82. The Hall–Kier alpha value is -1.75. The smallest absolute Gasteiger partial charge is 0.306 e. The minimum absolute atomic E-state index is 0.0502. The summed E-state index contributed by atoms with van der Waals surface area (Å²) in [4.78, 5) is 23.1. The fraction of sp³-hybridized carbons (Fsp3) is 0.500. The standard InChI is InChI=1S/C16H20ClNO4/c1-22-14-4-2-3-13(17)12(14)9-18-15(19)10-5-7-11(8-6-10)16(20)21/h2-4,10-11H,5-9H2,1H3,(H,18,19)(H,20,21). The minimum Gasteiger partial charge on any atom is -0.496 e. The number of hydrogen-bond donors (Lipinski definition) is 2. The van der Waals surface area contributed by atoms with Crippen LogP contribution < -0.4 is 10.1 Å². The van der Waals surface area contributed by atoms with Gasteiger partial charge >= 0.3 is 5.97 Å². The van der Waals surface area contributed by atoms with Gasteiger partial charge in [0.1, 0.15) is 5.75 Å². The molecule has 0 aliphatic heterocycles. The molecule has 0 bridgehead atoms. The Morgan fingerprint density at radius 2 is 1.91 bits per heavy atom. The summed E-state index contributed by atoms with van der Waals surface area (Å²) in [5.41, 5.74) is 0.749. The van der Waals surface area contributed by atoms with Crippen LogP contribution in [-0.4, -0.2) is 24.1 Å². The van der Waals surface area contributed by atoms with Crippen molar-refractivity contribution in [3.05, 3.63) is 28.8 Å². The molecule has 0 spiro atoms. The van der Waals surface area contributed by atoms with Crippen LogP contribution in [0.5, 0.6) is 5.75 Å². The molecule has 0 unspecified atom stereocenters. The summed E-state index contributed by atoms with van der Waals surface area (Å²) < 4.78 is 5.24. The van der Waals surface area contributed by atoms with E-state index >= 15 is 0 Å². The second kappa shape index (κ2) is 7.49. The highest BCUT2D eigenvalue weighted by Crippen LogP contribution is 2.30. The summed E-state index contributed by atoms with van der Waals surface area (Å²) in [5, 5.41) is 12.4. The molecule has 5 nitrogen and oxygen atoms in total. The third-order valence-corrected chi connectivity index (χ3v) is 4.54. The van der Waals surface area contributed by atoms with Crippen molar-refractivity contribution in [1.29, 1.82) is 0 Å². The van der Waals surface area contributed by atoms with E-state index in [2.05, 4.69) is 5.32 Å². The van der Waals surface area contributed by atoms with Gasteiger partial charge in [0.25, 0.3) is 0 Å². The van der Waals surface area contributed by atoms with E-state index in [0.717, 1.165) is 5.56 Å². The number of hydrogen-bond acceptors (Lipinski definition) is 3. The SMILES string of the molecule is COc1cccc(Cl)c1CNC(=O)C1CCC(C(=O)O)CC1. The molecular weight excluding hydrogens is 306 g/mol. The van der Waals surface area contributed by atoms with E-state index in [-0.39, 0.29) is 17.7 Å². The lowest BCUT2D eigenvalue weighted by atomic mass is 9.81. The topological polar surface area (TPSA) is 75.6 Å². The number of carboxylic acids is 1. The van der Waals surface area contributed by atoms with Crippen LogP contribution in [0.25, 0.3) is 0 Å². The van der Waals surface area contributed by atoms with Gasteiger partial charge in [-0.25, -0.2) is 0 Å². The number of carbonyl (C=O) groups is 2. The second-order valence-electron chi connectivity index (χ2n) is 5.53. The molecule has 1 aromatic rings. The van der Waals surface area contributed by atoms with Gasteiger partial charge in [0.2, 0.25) is 5.91 Å². The summed E-state index contributed by atoms with van der Waals surface area (Å²) in [7, 11) is 1.56. The molecule has 1 aromatic carbocycles. The maximum Gasteiger partial charge on any atom is 0.306 e. The van der Waals surface area contributed by atoms with E-state index in [1.54, 1.807) is 25.3 Å². The second-order valence-corrected chi connectivity index (χ2v) is 5.93. The molecule has 120 valence electrons. The van der Waals surface area contributed by atoms with Crippen molar-refractivity contribution < 1.29 is 19.4 Å². The zero-order valence-electron chi connectivity index (χ0n) is 12.5. The van der Waals surface area contributed by atoms with Gasteiger partial charge in [0.15, 0.2) is 0 Å². The first-order valence-electron chi connectivity index (χ1n) is 7.34. The average molecular weight is 326 g/mol. The van der Waals surface area contributed by atoms with Crippen molar-refractivity contribution in [1.82, 2.24) is 5.32 Å². The van der Waals surface area contributed by atoms with Crippen molar-refractivity contribution in [3.63, 3.8) is 0 Å². The Kier molecular flexibility index (Phi) is 5.66. The first-order chi connectivity index (χ1) is 10.5. The van der Waals surface area contributed by atoms with Gasteiger partial charge in [-0.1, -0.05) is 17.7 Å². The van der Waals surface area contributed by atoms with Crippen molar-refractivity contribution in [3.8, 4) is 5.75 Å². The van der Waals surface area contributed by atoms with Crippen molar-refractivity contribution in [2.45, 2.75) is 32.2 Å². The molecule has 0 heterocycles. The van der Waals surface area contributed by atoms with E-state index in [0.29, 0.717) is 43.0 Å². The quantitative estimate of drug-likeness (QED) is 0.872. The van der Waals surface area contributed by atoms with Gasteiger partial charge in [0, 0.05) is 23.0 Å². The number of rotatable bonds is 5. The number of benzene rings is 1. The third kappa shape index (κ3) is 3.91. The van der Waals surface area contributed by atoms with E-state index in [4.69, 9.17) is 21.4 Å². The summed E-state index contributed by atoms with van der Waals surface area (Å²) in [6.45, 7) is 0.306. The van der Waals surface area contributed by atoms with Crippen LogP contribution in [0.4, 0.5) is 0 Å². The van der Waals surface area contributed by atoms with E-state index in [1.165, 1.54) is 0 Å². The highest BCUT2D eigenvalue weighted by molar-refractivity contribution is 6.31. The van der Waals surface area contributed by atoms with E-state index in [9.17, 15) is 9.59 Å². The molecular formula is C16H20ClNO4. The highest BCUT2D eigenvalue weighted by Gasteiger charge is 2.29. The lowest BCUT2D eigenvalue weighted by molar-refractivity contribution is -0.144. The van der Waals surface area contributed by atoms with Crippen LogP contribution in [0, 0.1) is 11.8 Å². The predicted octanol–water partition coefficient (Wildman–Crippen LogP) is 2.86. The maximum absolute atomic E-state index is 12.2. The molecule has 0 aromatic heterocycles. The number of nitrogens with one attached hydrogen (secondary N) is 1. The van der Waals surface area contributed by atoms with Crippen LogP contribution in [0.1, 0.15) is 31.2 Å². The van der Waals surface area contributed by atoms with Crippen LogP contribution in [0.2, 0.25) is 5.02 Å². The predicted molar refractivity (Wildman–Crippen MR) is 82.9 cm³/mol. The minimum atomic E-state index is -0.764. The van der Waals surface area contributed by atoms with E-state index in [1.807, 2.05) is 0 Å². The number of halogens is 1. The average Bonchev–Trinajstić information content (AvgIpc) is 2.53. The number of aliphatic carboxylic acids is 1. The monoisotopic (exact) mass is 325 g/mol. The molecule has 0 saturated heterocycles. The Bertz CT molecular complexity index is 553. The fourth-order valence-corrected chi connectivity index (χ4v) is 3.06. The molecule has 1 aliphatic carbocycles. The van der Waals surface area contributed by atoms with Crippen LogP contribution in [0.3, 0.4) is 0 Å². The number of amides is 1. The lowest BCUT2D eigenvalue weighted by Gasteiger charge is -2.25. The summed E-state index contributed by atoms with van der Waals surface area (Å²) in [6, 6.07) is 5.34. The first-order valence-corrected chi connectivity index (χ1v) is 7.72. The number of ether oxygens (including phenoxy) is 1. The highest BCUT2D eigenvalue weighted by atomic mass is 35.5. The molecule has 2 rings (SSSR count). The molecule has 1 fully saturated rings. The largest absolute Gasteiger partial charge is 0.496 e. The zero-order chi connectivity index (χ0) is 16.1. The molecule has 2 N–H and O–H groups in total. The van der Waals surface area contributed by atoms with Gasteiger partial charge in [-0.3, -0.25) is 9.59 Å². The Morgan fingerprint density at radius 1 is 1.27 bits per heavy atom. The van der Waals surface area contributed by atoms with Gasteiger partial charge in [0.05, 0.1) is 13.0 Å². The molecule has 1 saturated carbocycles. The summed E-state index contributed by atoms with van der Waals surface area (Å²) >= 11 is 6.13. The number of carbonyl (C=O) groups excluding carboxylic acids is 1.